The summed E-state index contributed by atoms with van der Waals surface area (Å²) in [5.74, 6) is 0.533. The molecular formula is C21H29Cl2N3. The van der Waals surface area contributed by atoms with Gasteiger partial charge in [-0.2, -0.15) is 15.0 Å². The molecule has 0 atom stereocenters. The largest absolute Gasteiger partial charge is 0.227 e. The summed E-state index contributed by atoms with van der Waals surface area (Å²) in [7, 11) is 0. The number of halogens is 2. The Hall–Kier alpha value is -1.19. The van der Waals surface area contributed by atoms with E-state index < -0.39 is 0 Å². The van der Waals surface area contributed by atoms with Crippen molar-refractivity contribution in [3.63, 3.8) is 0 Å². The maximum Gasteiger partial charge on any atom is 0.227 e. The van der Waals surface area contributed by atoms with Crippen LogP contribution in [0.5, 0.6) is 0 Å². The number of hydrogen-bond acceptors (Lipinski definition) is 3. The number of benzene rings is 1. The molecule has 0 aliphatic rings. The molecular weight excluding hydrogens is 365 g/mol. The second kappa shape index (κ2) is 6.76. The Kier molecular flexibility index (Phi) is 5.49. The molecule has 0 amide bonds. The van der Waals surface area contributed by atoms with Crippen molar-refractivity contribution in [2.75, 3.05) is 0 Å². The van der Waals surface area contributed by atoms with Crippen LogP contribution in [-0.4, -0.2) is 15.0 Å². The van der Waals surface area contributed by atoms with Crippen molar-refractivity contribution in [2.45, 2.75) is 78.6 Å². The molecule has 0 aliphatic carbocycles. The van der Waals surface area contributed by atoms with Crippen LogP contribution < -0.4 is 0 Å². The highest BCUT2D eigenvalue weighted by atomic mass is 35.5. The van der Waals surface area contributed by atoms with E-state index in [0.717, 1.165) is 5.56 Å². The van der Waals surface area contributed by atoms with Crippen LogP contribution >= 0.6 is 23.2 Å². The van der Waals surface area contributed by atoms with Gasteiger partial charge in [0, 0.05) is 5.56 Å². The highest BCUT2D eigenvalue weighted by Gasteiger charge is 2.31. The quantitative estimate of drug-likeness (QED) is 0.538. The van der Waals surface area contributed by atoms with Gasteiger partial charge in [-0.05, 0) is 56.1 Å². The van der Waals surface area contributed by atoms with Gasteiger partial charge in [-0.25, -0.2) is 0 Å². The van der Waals surface area contributed by atoms with Gasteiger partial charge in [-0.15, -0.1) is 0 Å². The molecule has 0 spiro atoms. The van der Waals surface area contributed by atoms with Crippen molar-refractivity contribution in [1.82, 2.24) is 15.0 Å². The third-order valence-electron chi connectivity index (χ3n) is 4.42. The first-order valence-corrected chi connectivity index (χ1v) is 9.63. The maximum absolute atomic E-state index is 6.09. The summed E-state index contributed by atoms with van der Waals surface area (Å²) in [6.07, 6.45) is 0. The van der Waals surface area contributed by atoms with Crippen molar-refractivity contribution in [2.24, 2.45) is 0 Å². The van der Waals surface area contributed by atoms with Crippen LogP contribution in [0.4, 0.5) is 0 Å². The van der Waals surface area contributed by atoms with E-state index in [2.05, 4.69) is 89.4 Å². The Labute approximate surface area is 167 Å². The SMILES string of the molecule is CC(C)(C)c1cc(C(C)(C)C)c(-c2nc(Cl)nc(Cl)n2)c(C(C)(C)C)c1. The first kappa shape index (κ1) is 21.1. The van der Waals surface area contributed by atoms with Crippen LogP contribution in [0.1, 0.15) is 79.0 Å². The van der Waals surface area contributed by atoms with Crippen LogP contribution in [-0.2, 0) is 16.2 Å². The van der Waals surface area contributed by atoms with Gasteiger partial charge in [0.15, 0.2) is 5.82 Å². The number of aromatic nitrogens is 3. The molecule has 0 radical (unpaired) electrons. The Morgan fingerprint density at radius 3 is 1.31 bits per heavy atom. The van der Waals surface area contributed by atoms with E-state index in [1.54, 1.807) is 0 Å². The van der Waals surface area contributed by atoms with Gasteiger partial charge in [0.05, 0.1) is 0 Å². The molecule has 3 nitrogen and oxygen atoms in total. The minimum Gasteiger partial charge on any atom is -0.198 e. The third kappa shape index (κ3) is 4.55. The minimum absolute atomic E-state index is 0.0346. The normalized spacial score (nSPS) is 13.2. The van der Waals surface area contributed by atoms with E-state index in [1.165, 1.54) is 16.7 Å². The van der Waals surface area contributed by atoms with Crippen molar-refractivity contribution in [3.8, 4) is 11.4 Å². The van der Waals surface area contributed by atoms with Gasteiger partial charge in [0.1, 0.15) is 0 Å². The molecule has 0 unspecified atom stereocenters. The van der Waals surface area contributed by atoms with Gasteiger partial charge in [-0.3, -0.25) is 0 Å². The first-order valence-electron chi connectivity index (χ1n) is 8.87. The molecule has 0 N–H and O–H groups in total. The van der Waals surface area contributed by atoms with Gasteiger partial charge in [0.25, 0.3) is 0 Å². The summed E-state index contributed by atoms with van der Waals surface area (Å²) in [6.45, 7) is 19.9. The van der Waals surface area contributed by atoms with Crippen LogP contribution in [0.3, 0.4) is 0 Å². The lowest BCUT2D eigenvalue weighted by Gasteiger charge is -2.33. The topological polar surface area (TPSA) is 38.7 Å². The molecule has 26 heavy (non-hydrogen) atoms. The molecule has 142 valence electrons. The summed E-state index contributed by atoms with van der Waals surface area (Å²) in [6, 6.07) is 4.55. The highest BCUT2D eigenvalue weighted by molar-refractivity contribution is 6.31. The zero-order valence-corrected chi connectivity index (χ0v) is 18.8. The molecule has 0 fully saturated rings. The third-order valence-corrected chi connectivity index (χ3v) is 4.76. The van der Waals surface area contributed by atoms with Crippen LogP contribution in [0.25, 0.3) is 11.4 Å². The van der Waals surface area contributed by atoms with E-state index in [4.69, 9.17) is 23.2 Å². The van der Waals surface area contributed by atoms with E-state index >= 15 is 0 Å². The fraction of sp³-hybridized carbons (Fsp3) is 0.571. The molecule has 5 heteroatoms. The second-order valence-electron chi connectivity index (χ2n) is 9.89. The zero-order valence-electron chi connectivity index (χ0n) is 17.3. The van der Waals surface area contributed by atoms with Crippen molar-refractivity contribution in [1.29, 1.82) is 0 Å². The molecule has 1 heterocycles. The molecule has 0 saturated heterocycles. The van der Waals surface area contributed by atoms with Gasteiger partial charge < -0.3 is 0 Å². The smallest absolute Gasteiger partial charge is 0.198 e. The average molecular weight is 394 g/mol. The molecule has 2 aromatic rings. The lowest BCUT2D eigenvalue weighted by molar-refractivity contribution is 0.550. The summed E-state index contributed by atoms with van der Waals surface area (Å²) < 4.78 is 0. The highest BCUT2D eigenvalue weighted by Crippen LogP contribution is 2.42. The Morgan fingerprint density at radius 1 is 0.615 bits per heavy atom. The van der Waals surface area contributed by atoms with Gasteiger partial charge >= 0.3 is 0 Å². The van der Waals surface area contributed by atoms with Crippen LogP contribution in [0.2, 0.25) is 10.6 Å². The van der Waals surface area contributed by atoms with Crippen molar-refractivity contribution in [3.05, 3.63) is 39.4 Å². The van der Waals surface area contributed by atoms with Crippen LogP contribution in [0.15, 0.2) is 12.1 Å². The minimum atomic E-state index is -0.0951. The zero-order chi connectivity index (χ0) is 20.1. The number of hydrogen-bond donors (Lipinski definition) is 0. The van der Waals surface area contributed by atoms with Gasteiger partial charge in [-0.1, -0.05) is 74.4 Å². The predicted octanol–water partition coefficient (Wildman–Crippen LogP) is 6.74. The molecule has 2 rings (SSSR count). The molecule has 1 aromatic carbocycles. The number of nitrogens with zero attached hydrogens (tertiary/aromatic N) is 3. The Balaban J connectivity index is 3.00. The molecule has 1 aromatic heterocycles. The lowest BCUT2D eigenvalue weighted by atomic mass is 9.72. The lowest BCUT2D eigenvalue weighted by Crippen LogP contribution is -2.23. The van der Waals surface area contributed by atoms with E-state index in [0.29, 0.717) is 5.82 Å². The van der Waals surface area contributed by atoms with E-state index in [9.17, 15) is 0 Å². The van der Waals surface area contributed by atoms with Crippen LogP contribution in [0, 0.1) is 0 Å². The predicted molar refractivity (Wildman–Crippen MR) is 111 cm³/mol. The molecule has 0 bridgehead atoms. The van der Waals surface area contributed by atoms with Crippen molar-refractivity contribution >= 4 is 23.2 Å². The summed E-state index contributed by atoms with van der Waals surface area (Å²) in [4.78, 5) is 12.7. The number of rotatable bonds is 1. The summed E-state index contributed by atoms with van der Waals surface area (Å²) >= 11 is 12.2. The van der Waals surface area contributed by atoms with Gasteiger partial charge in [0.2, 0.25) is 10.6 Å². The Bertz CT molecular complexity index is 767. The summed E-state index contributed by atoms with van der Waals surface area (Å²) in [5, 5.41) is 0.222. The fourth-order valence-corrected chi connectivity index (χ4v) is 3.30. The molecule has 0 saturated carbocycles. The average Bonchev–Trinajstić information content (AvgIpc) is 2.41. The van der Waals surface area contributed by atoms with E-state index in [-0.39, 0.29) is 26.8 Å². The monoisotopic (exact) mass is 393 g/mol. The summed E-state index contributed by atoms with van der Waals surface area (Å²) in [5.41, 5.74) is 4.52. The fourth-order valence-electron chi connectivity index (χ4n) is 2.94. The first-order chi connectivity index (χ1) is 11.6. The van der Waals surface area contributed by atoms with Crippen molar-refractivity contribution < 1.29 is 0 Å². The standard InChI is InChI=1S/C21H29Cl2N3/c1-19(2,3)12-10-13(20(4,5)6)15(14(11-12)21(7,8)9)16-24-17(22)26-18(23)25-16/h10-11H,1-9H3. The van der Waals surface area contributed by atoms with E-state index in [1.807, 2.05) is 0 Å². The Morgan fingerprint density at radius 2 is 1.00 bits per heavy atom. The maximum atomic E-state index is 6.09. The second-order valence-corrected chi connectivity index (χ2v) is 10.6. The molecule has 0 aliphatic heterocycles.